The second-order valence-electron chi connectivity index (χ2n) is 9.15. The van der Waals surface area contributed by atoms with Crippen LogP contribution in [0.3, 0.4) is 0 Å². The Morgan fingerprint density at radius 3 is 2.59 bits per heavy atom. The lowest BCUT2D eigenvalue weighted by Crippen LogP contribution is -2.47. The van der Waals surface area contributed by atoms with Gasteiger partial charge < -0.3 is 9.84 Å². The number of nitrogens with one attached hydrogen (secondary N) is 1. The van der Waals surface area contributed by atoms with Gasteiger partial charge in [0.25, 0.3) is 0 Å². The number of aromatic amines is 1. The molecule has 1 aromatic heterocycles. The molecule has 0 radical (unpaired) electrons. The van der Waals surface area contributed by atoms with Gasteiger partial charge in [-0.05, 0) is 43.1 Å². The van der Waals surface area contributed by atoms with E-state index >= 15 is 0 Å². The third kappa shape index (κ3) is 3.12. The molecule has 2 N–H and O–H groups in total. The minimum absolute atomic E-state index is 0.0630. The molecule has 1 aliphatic carbocycles. The first kappa shape index (κ1) is 18.7. The first-order valence-corrected chi connectivity index (χ1v) is 9.92. The molecule has 1 fully saturated rings. The van der Waals surface area contributed by atoms with E-state index in [0.717, 1.165) is 49.4 Å². The summed E-state index contributed by atoms with van der Waals surface area (Å²) in [6, 6.07) is 10.6. The molecule has 1 aliphatic heterocycles. The smallest absolute Gasteiger partial charge is 0.109 e. The first-order chi connectivity index (χ1) is 12.8. The van der Waals surface area contributed by atoms with Crippen molar-refractivity contribution in [1.82, 2.24) is 15.1 Å². The van der Waals surface area contributed by atoms with E-state index in [2.05, 4.69) is 60.1 Å². The monoisotopic (exact) mass is 369 g/mol. The minimum atomic E-state index is -0.471. The Labute approximate surface area is 161 Å². The maximum atomic E-state index is 11.1. The lowest BCUT2D eigenvalue weighted by atomic mass is 9.72. The number of rotatable bonds is 3. The normalized spacial score (nSPS) is 25.1. The molecular weight excluding hydrogens is 338 g/mol. The molecule has 0 saturated carbocycles. The average molecular weight is 370 g/mol. The number of aromatic nitrogens is 2. The van der Waals surface area contributed by atoms with E-state index in [-0.39, 0.29) is 16.9 Å². The van der Waals surface area contributed by atoms with Crippen molar-refractivity contribution in [2.75, 3.05) is 20.2 Å². The Morgan fingerprint density at radius 1 is 1.26 bits per heavy atom. The van der Waals surface area contributed by atoms with Crippen LogP contribution in [-0.4, -0.2) is 46.5 Å². The van der Waals surface area contributed by atoms with Gasteiger partial charge in [-0.25, -0.2) is 0 Å². The van der Waals surface area contributed by atoms with Gasteiger partial charge in [0.1, 0.15) is 6.10 Å². The predicted molar refractivity (Wildman–Crippen MR) is 106 cm³/mol. The zero-order chi connectivity index (χ0) is 19.2. The second kappa shape index (κ2) is 6.73. The molecule has 27 heavy (non-hydrogen) atoms. The predicted octanol–water partition coefficient (Wildman–Crippen LogP) is 3.30. The Morgan fingerprint density at radius 2 is 1.96 bits per heavy atom. The van der Waals surface area contributed by atoms with Crippen LogP contribution in [0.1, 0.15) is 62.2 Å². The number of ether oxygens (including phenoxy) is 1. The van der Waals surface area contributed by atoms with Crippen LogP contribution in [0.15, 0.2) is 30.3 Å². The number of likely N-dealkylation sites (tertiary alicyclic amines) is 1. The Balaban J connectivity index is 1.48. The zero-order valence-electron chi connectivity index (χ0n) is 16.8. The fourth-order valence-corrected chi connectivity index (χ4v) is 4.82. The van der Waals surface area contributed by atoms with E-state index in [1.165, 1.54) is 5.56 Å². The summed E-state index contributed by atoms with van der Waals surface area (Å²) in [6.07, 6.45) is 1.22. The van der Waals surface area contributed by atoms with Crippen molar-refractivity contribution < 1.29 is 9.84 Å². The molecule has 146 valence electrons. The number of piperidine rings is 1. The van der Waals surface area contributed by atoms with Gasteiger partial charge in [0.05, 0.1) is 11.8 Å². The van der Waals surface area contributed by atoms with Gasteiger partial charge in [-0.15, -0.1) is 0 Å². The van der Waals surface area contributed by atoms with Crippen LogP contribution < -0.4 is 0 Å². The molecule has 1 saturated heterocycles. The standard InChI is InChI=1S/C22H31N3O2/c1-21(2,3)18-13-15(23-24-18)14-25-11-9-22(10-12-25)17-8-6-5-7-16(17)19(27-4)20(22)26/h5-8,13,19-20,26H,9-12,14H2,1-4H3,(H,23,24)/t19-,20+/m1/s1. The summed E-state index contributed by atoms with van der Waals surface area (Å²) in [5.74, 6) is 0. The average Bonchev–Trinajstić information content (AvgIpc) is 3.20. The second-order valence-corrected chi connectivity index (χ2v) is 9.15. The maximum Gasteiger partial charge on any atom is 0.109 e. The summed E-state index contributed by atoms with van der Waals surface area (Å²) in [7, 11) is 1.70. The minimum Gasteiger partial charge on any atom is -0.389 e. The Hall–Kier alpha value is -1.69. The highest BCUT2D eigenvalue weighted by atomic mass is 16.5. The van der Waals surface area contributed by atoms with E-state index in [9.17, 15) is 5.11 Å². The molecule has 0 unspecified atom stereocenters. The van der Waals surface area contributed by atoms with Gasteiger partial charge in [0, 0.05) is 30.2 Å². The van der Waals surface area contributed by atoms with Gasteiger partial charge in [0.2, 0.25) is 0 Å². The molecule has 5 nitrogen and oxygen atoms in total. The number of aliphatic hydroxyl groups is 1. The largest absolute Gasteiger partial charge is 0.389 e. The van der Waals surface area contributed by atoms with E-state index in [1.54, 1.807) is 7.11 Å². The summed E-state index contributed by atoms with van der Waals surface area (Å²) < 4.78 is 5.66. The topological polar surface area (TPSA) is 61.4 Å². The quantitative estimate of drug-likeness (QED) is 0.871. The van der Waals surface area contributed by atoms with Gasteiger partial charge in [-0.3, -0.25) is 10.00 Å². The molecule has 2 aromatic rings. The third-order valence-electron chi connectivity index (χ3n) is 6.45. The molecule has 2 atom stereocenters. The number of nitrogens with zero attached hydrogens (tertiary/aromatic N) is 2. The molecule has 2 aliphatic rings. The van der Waals surface area contributed by atoms with Crippen LogP contribution in [0.4, 0.5) is 0 Å². The molecular formula is C22H31N3O2. The highest BCUT2D eigenvalue weighted by molar-refractivity contribution is 5.44. The lowest BCUT2D eigenvalue weighted by molar-refractivity contribution is -0.0551. The van der Waals surface area contributed by atoms with Crippen molar-refractivity contribution in [3.63, 3.8) is 0 Å². The lowest BCUT2D eigenvalue weighted by Gasteiger charge is -2.42. The number of hydrogen-bond donors (Lipinski definition) is 2. The SMILES string of the molecule is CO[C@@H]1c2ccccc2C2(CCN(Cc3cc(C(C)(C)C)n[nH]3)CC2)[C@H]1O. The highest BCUT2D eigenvalue weighted by Gasteiger charge is 2.52. The summed E-state index contributed by atoms with van der Waals surface area (Å²) in [4.78, 5) is 2.46. The van der Waals surface area contributed by atoms with Crippen LogP contribution in [0.2, 0.25) is 0 Å². The summed E-state index contributed by atoms with van der Waals surface area (Å²) in [5.41, 5.74) is 4.59. The molecule has 4 rings (SSSR count). The van der Waals surface area contributed by atoms with Crippen molar-refractivity contribution in [3.8, 4) is 0 Å². The molecule has 0 bridgehead atoms. The maximum absolute atomic E-state index is 11.1. The fraction of sp³-hybridized carbons (Fsp3) is 0.591. The third-order valence-corrected chi connectivity index (χ3v) is 6.45. The first-order valence-electron chi connectivity index (χ1n) is 9.92. The van der Waals surface area contributed by atoms with E-state index < -0.39 is 6.10 Å². The van der Waals surface area contributed by atoms with Gasteiger partial charge in [-0.1, -0.05) is 45.0 Å². The van der Waals surface area contributed by atoms with Crippen molar-refractivity contribution in [2.24, 2.45) is 0 Å². The van der Waals surface area contributed by atoms with E-state index in [0.29, 0.717) is 0 Å². The molecule has 5 heteroatoms. The fourth-order valence-electron chi connectivity index (χ4n) is 4.82. The van der Waals surface area contributed by atoms with Crippen LogP contribution >= 0.6 is 0 Å². The Bertz CT molecular complexity index is 800. The number of H-pyrrole nitrogens is 1. The van der Waals surface area contributed by atoms with Crippen molar-refractivity contribution >= 4 is 0 Å². The number of methoxy groups -OCH3 is 1. The van der Waals surface area contributed by atoms with Crippen LogP contribution in [-0.2, 0) is 22.1 Å². The van der Waals surface area contributed by atoms with Crippen LogP contribution in [0.5, 0.6) is 0 Å². The molecule has 1 aromatic carbocycles. The van der Waals surface area contributed by atoms with E-state index in [1.807, 2.05) is 6.07 Å². The molecule has 0 amide bonds. The summed E-state index contributed by atoms with van der Waals surface area (Å²) in [5, 5.41) is 18.8. The number of hydrogen-bond acceptors (Lipinski definition) is 4. The number of benzene rings is 1. The summed E-state index contributed by atoms with van der Waals surface area (Å²) in [6.45, 7) is 9.36. The van der Waals surface area contributed by atoms with Crippen LogP contribution in [0.25, 0.3) is 0 Å². The van der Waals surface area contributed by atoms with Crippen molar-refractivity contribution in [2.45, 2.75) is 63.2 Å². The Kier molecular flexibility index (Phi) is 4.65. The van der Waals surface area contributed by atoms with Gasteiger partial charge in [0.15, 0.2) is 0 Å². The molecule has 2 heterocycles. The van der Waals surface area contributed by atoms with Crippen LogP contribution in [0, 0.1) is 0 Å². The van der Waals surface area contributed by atoms with E-state index in [4.69, 9.17) is 4.74 Å². The van der Waals surface area contributed by atoms with Gasteiger partial charge in [-0.2, -0.15) is 5.10 Å². The number of aliphatic hydroxyl groups excluding tert-OH is 1. The highest BCUT2D eigenvalue weighted by Crippen LogP contribution is 2.52. The van der Waals surface area contributed by atoms with Crippen molar-refractivity contribution in [3.05, 3.63) is 52.8 Å². The summed E-state index contributed by atoms with van der Waals surface area (Å²) >= 11 is 0. The molecule has 1 spiro atoms. The zero-order valence-corrected chi connectivity index (χ0v) is 16.8. The van der Waals surface area contributed by atoms with Crippen molar-refractivity contribution in [1.29, 1.82) is 0 Å². The number of fused-ring (bicyclic) bond motifs is 2. The van der Waals surface area contributed by atoms with Gasteiger partial charge >= 0.3 is 0 Å².